The second-order valence-corrected chi connectivity index (χ2v) is 6.90. The molecule has 0 aliphatic carbocycles. The molecule has 2 aromatic rings. The minimum atomic E-state index is 1.08. The number of piperazine rings is 1. The van der Waals surface area contributed by atoms with Gasteiger partial charge in [-0.3, -0.25) is 4.90 Å². The van der Waals surface area contributed by atoms with Gasteiger partial charge in [-0.2, -0.15) is 0 Å². The molecule has 0 bridgehead atoms. The zero-order valence-electron chi connectivity index (χ0n) is 12.9. The van der Waals surface area contributed by atoms with Gasteiger partial charge < -0.3 is 4.90 Å². The van der Waals surface area contributed by atoms with E-state index in [1.807, 2.05) is 0 Å². The van der Waals surface area contributed by atoms with Gasteiger partial charge in [0.05, 0.1) is 0 Å². The summed E-state index contributed by atoms with van der Waals surface area (Å²) in [7, 11) is 0. The van der Waals surface area contributed by atoms with Gasteiger partial charge in [0, 0.05) is 43.7 Å². The van der Waals surface area contributed by atoms with Crippen LogP contribution < -0.4 is 0 Å². The molecule has 0 aromatic heterocycles. The predicted octanol–water partition coefficient (Wildman–Crippen LogP) is 3.81. The predicted molar refractivity (Wildman–Crippen MR) is 96.0 cm³/mol. The molecule has 0 N–H and O–H groups in total. The van der Waals surface area contributed by atoms with Crippen LogP contribution in [0.3, 0.4) is 0 Å². The number of benzene rings is 2. The van der Waals surface area contributed by atoms with Gasteiger partial charge in [0.1, 0.15) is 0 Å². The first-order valence-electron chi connectivity index (χ1n) is 8.03. The molecule has 1 fully saturated rings. The molecular weight excluding hydrogens is 336 g/mol. The van der Waals surface area contributed by atoms with E-state index < -0.39 is 0 Å². The quantitative estimate of drug-likeness (QED) is 0.801. The minimum Gasteiger partial charge on any atom is -0.300 e. The molecule has 1 heterocycles. The Morgan fingerprint density at radius 3 is 2.05 bits per heavy atom. The smallest absolute Gasteiger partial charge is 0.0234 e. The highest BCUT2D eigenvalue weighted by Gasteiger charge is 2.16. The van der Waals surface area contributed by atoms with Crippen molar-refractivity contribution in [3.05, 3.63) is 70.2 Å². The van der Waals surface area contributed by atoms with E-state index in [0.29, 0.717) is 0 Å². The second-order valence-electron chi connectivity index (χ2n) is 5.98. The molecule has 0 radical (unpaired) electrons. The average molecular weight is 359 g/mol. The van der Waals surface area contributed by atoms with E-state index in [2.05, 4.69) is 80.3 Å². The molecule has 1 aliphatic heterocycles. The zero-order chi connectivity index (χ0) is 15.2. The number of rotatable bonds is 5. The Balaban J connectivity index is 1.41. The van der Waals surface area contributed by atoms with Gasteiger partial charge in [-0.25, -0.2) is 0 Å². The lowest BCUT2D eigenvalue weighted by molar-refractivity contribution is 0.128. The molecule has 0 unspecified atom stereocenters. The summed E-state index contributed by atoms with van der Waals surface area (Å²) >= 11 is 3.49. The van der Waals surface area contributed by atoms with Crippen LogP contribution in [0.25, 0.3) is 0 Å². The highest BCUT2D eigenvalue weighted by atomic mass is 79.9. The lowest BCUT2D eigenvalue weighted by Gasteiger charge is -2.34. The molecule has 0 saturated carbocycles. The van der Waals surface area contributed by atoms with Crippen molar-refractivity contribution in [3.63, 3.8) is 0 Å². The molecule has 3 rings (SSSR count). The second kappa shape index (κ2) is 7.91. The number of nitrogens with zero attached hydrogens (tertiary/aromatic N) is 2. The van der Waals surface area contributed by atoms with Gasteiger partial charge >= 0.3 is 0 Å². The summed E-state index contributed by atoms with van der Waals surface area (Å²) in [4.78, 5) is 5.15. The Hall–Kier alpha value is -1.16. The maximum Gasteiger partial charge on any atom is 0.0234 e. The standard InChI is InChI=1S/C19H23BrN2/c20-19-8-6-17(7-9-19)10-11-21-12-14-22(15-13-21)16-18-4-2-1-3-5-18/h1-9H,10-16H2. The number of hydrogen-bond acceptors (Lipinski definition) is 2. The Bertz CT molecular complexity index is 560. The van der Waals surface area contributed by atoms with E-state index in [4.69, 9.17) is 0 Å². The van der Waals surface area contributed by atoms with Crippen LogP contribution in [0.5, 0.6) is 0 Å². The SMILES string of the molecule is Brc1ccc(CCN2CCN(Cc3ccccc3)CC2)cc1. The normalized spacial score (nSPS) is 16.8. The molecular formula is C19H23BrN2. The molecule has 0 amide bonds. The lowest BCUT2D eigenvalue weighted by Crippen LogP contribution is -2.46. The highest BCUT2D eigenvalue weighted by molar-refractivity contribution is 9.10. The molecule has 22 heavy (non-hydrogen) atoms. The van der Waals surface area contributed by atoms with Gasteiger partial charge in [0.25, 0.3) is 0 Å². The number of hydrogen-bond donors (Lipinski definition) is 0. The maximum absolute atomic E-state index is 3.49. The summed E-state index contributed by atoms with van der Waals surface area (Å²) in [5, 5.41) is 0. The third-order valence-electron chi connectivity index (χ3n) is 4.34. The topological polar surface area (TPSA) is 6.48 Å². The molecule has 116 valence electrons. The molecule has 3 heteroatoms. The third kappa shape index (κ3) is 4.67. The van der Waals surface area contributed by atoms with Gasteiger partial charge in [-0.15, -0.1) is 0 Å². The van der Waals surface area contributed by atoms with Crippen molar-refractivity contribution in [1.29, 1.82) is 0 Å². The summed E-state index contributed by atoms with van der Waals surface area (Å²) < 4.78 is 1.16. The Morgan fingerprint density at radius 1 is 0.727 bits per heavy atom. The summed E-state index contributed by atoms with van der Waals surface area (Å²) in [5.41, 5.74) is 2.85. The first kappa shape index (κ1) is 15.7. The van der Waals surface area contributed by atoms with Crippen LogP contribution in [0, 0.1) is 0 Å². The maximum atomic E-state index is 3.49. The fourth-order valence-electron chi connectivity index (χ4n) is 2.95. The summed E-state index contributed by atoms with van der Waals surface area (Å²) in [5.74, 6) is 0. The Morgan fingerprint density at radius 2 is 1.36 bits per heavy atom. The molecule has 1 aliphatic rings. The van der Waals surface area contributed by atoms with Crippen LogP contribution >= 0.6 is 15.9 Å². The first-order chi connectivity index (χ1) is 10.8. The van der Waals surface area contributed by atoms with Crippen molar-refractivity contribution < 1.29 is 0 Å². The molecule has 2 nitrogen and oxygen atoms in total. The third-order valence-corrected chi connectivity index (χ3v) is 4.87. The zero-order valence-corrected chi connectivity index (χ0v) is 14.5. The largest absolute Gasteiger partial charge is 0.300 e. The van der Waals surface area contributed by atoms with Crippen molar-refractivity contribution in [1.82, 2.24) is 9.80 Å². The summed E-state index contributed by atoms with van der Waals surface area (Å²) in [6, 6.07) is 19.5. The first-order valence-corrected chi connectivity index (χ1v) is 8.82. The Kier molecular flexibility index (Phi) is 5.65. The highest BCUT2D eigenvalue weighted by Crippen LogP contribution is 2.12. The van der Waals surface area contributed by atoms with Crippen LogP contribution in [-0.4, -0.2) is 42.5 Å². The van der Waals surface area contributed by atoms with E-state index in [-0.39, 0.29) is 0 Å². The molecule has 1 saturated heterocycles. The van der Waals surface area contributed by atoms with Crippen LogP contribution in [0.4, 0.5) is 0 Å². The van der Waals surface area contributed by atoms with Gasteiger partial charge in [-0.05, 0) is 29.7 Å². The molecule has 0 spiro atoms. The van der Waals surface area contributed by atoms with E-state index in [9.17, 15) is 0 Å². The van der Waals surface area contributed by atoms with Crippen LogP contribution in [0.2, 0.25) is 0 Å². The fourth-order valence-corrected chi connectivity index (χ4v) is 3.22. The van der Waals surface area contributed by atoms with E-state index in [0.717, 1.165) is 17.4 Å². The monoisotopic (exact) mass is 358 g/mol. The van der Waals surface area contributed by atoms with Gasteiger partial charge in [0.2, 0.25) is 0 Å². The van der Waals surface area contributed by atoms with Crippen LogP contribution in [0.1, 0.15) is 11.1 Å². The van der Waals surface area contributed by atoms with Crippen molar-refractivity contribution in [3.8, 4) is 0 Å². The molecule has 0 atom stereocenters. The minimum absolute atomic E-state index is 1.08. The summed E-state index contributed by atoms with van der Waals surface area (Å²) in [6.45, 7) is 6.97. The van der Waals surface area contributed by atoms with Crippen molar-refractivity contribution in [2.45, 2.75) is 13.0 Å². The van der Waals surface area contributed by atoms with E-state index in [1.165, 1.54) is 43.9 Å². The van der Waals surface area contributed by atoms with Gasteiger partial charge in [0.15, 0.2) is 0 Å². The van der Waals surface area contributed by atoms with Crippen LogP contribution in [0.15, 0.2) is 59.1 Å². The Labute approximate surface area is 141 Å². The lowest BCUT2D eigenvalue weighted by atomic mass is 10.1. The fraction of sp³-hybridized carbons (Fsp3) is 0.368. The van der Waals surface area contributed by atoms with E-state index in [1.54, 1.807) is 0 Å². The van der Waals surface area contributed by atoms with Crippen molar-refractivity contribution >= 4 is 15.9 Å². The molecule has 2 aromatic carbocycles. The van der Waals surface area contributed by atoms with Crippen LogP contribution in [-0.2, 0) is 13.0 Å². The van der Waals surface area contributed by atoms with E-state index >= 15 is 0 Å². The van der Waals surface area contributed by atoms with Gasteiger partial charge in [-0.1, -0.05) is 58.4 Å². The average Bonchev–Trinajstić information content (AvgIpc) is 2.57. The number of halogens is 1. The van der Waals surface area contributed by atoms with Crippen molar-refractivity contribution in [2.75, 3.05) is 32.7 Å². The van der Waals surface area contributed by atoms with Crippen molar-refractivity contribution in [2.24, 2.45) is 0 Å². The summed E-state index contributed by atoms with van der Waals surface area (Å²) in [6.07, 6.45) is 1.14.